The zero-order valence-corrected chi connectivity index (χ0v) is 12.1. The highest BCUT2D eigenvalue weighted by Gasteiger charge is 2.18. The summed E-state index contributed by atoms with van der Waals surface area (Å²) in [6, 6.07) is 4.92. The molecule has 0 saturated heterocycles. The van der Waals surface area contributed by atoms with E-state index in [2.05, 4.69) is 14.6 Å². The maximum Gasteiger partial charge on any atom is 0.270 e. The van der Waals surface area contributed by atoms with Gasteiger partial charge in [-0.2, -0.15) is 4.39 Å². The van der Waals surface area contributed by atoms with Crippen LogP contribution in [0, 0.1) is 0 Å². The second-order valence-electron chi connectivity index (χ2n) is 3.23. The van der Waals surface area contributed by atoms with E-state index >= 15 is 0 Å². The van der Waals surface area contributed by atoms with Crippen LogP contribution >= 0.6 is 27.7 Å². The molecule has 0 spiro atoms. The van der Waals surface area contributed by atoms with Crippen LogP contribution in [0.4, 0.5) is 10.1 Å². The monoisotopic (exact) mass is 279 g/mol. The number of amides is 1. The highest BCUT2D eigenvalue weighted by Crippen LogP contribution is 2.32. The summed E-state index contributed by atoms with van der Waals surface area (Å²) in [6.07, 6.45) is 0. The molecule has 0 aromatic heterocycles. The van der Waals surface area contributed by atoms with Crippen LogP contribution in [0.1, 0.15) is 6.92 Å². The van der Waals surface area contributed by atoms with Gasteiger partial charge in [-0.05, 0) is 36.7 Å². The van der Waals surface area contributed by atoms with Gasteiger partial charge in [0.25, 0.3) is 5.34 Å². The number of anilines is 1. The average Bonchev–Trinajstić information content (AvgIpc) is 2.06. The first-order valence-electron chi connectivity index (χ1n) is 4.41. The first-order valence-corrected chi connectivity index (χ1v) is 6.14. The number of nitrogens with one attached hydrogen (secondary N) is 1. The highest BCUT2D eigenvalue weighted by molar-refractivity contribution is 7.38. The molecular formula is C9H13FNO2P3. The van der Waals surface area contributed by atoms with Crippen molar-refractivity contribution in [2.45, 2.75) is 12.3 Å². The van der Waals surface area contributed by atoms with E-state index in [4.69, 9.17) is 4.74 Å². The van der Waals surface area contributed by atoms with Crippen LogP contribution in [0.15, 0.2) is 18.2 Å². The molecule has 0 heterocycles. The van der Waals surface area contributed by atoms with Crippen LogP contribution in [0.5, 0.6) is 5.75 Å². The minimum atomic E-state index is -1.89. The number of benzene rings is 1. The number of hydrogen-bond donors (Lipinski definition) is 1. The van der Waals surface area contributed by atoms with Crippen LogP contribution < -0.4 is 15.4 Å². The third kappa shape index (κ3) is 4.70. The van der Waals surface area contributed by atoms with E-state index in [-0.39, 0.29) is 5.91 Å². The molecule has 3 nitrogen and oxygen atoms in total. The van der Waals surface area contributed by atoms with Crippen LogP contribution in [0.2, 0.25) is 0 Å². The fourth-order valence-electron chi connectivity index (χ4n) is 1.09. The molecule has 1 aromatic carbocycles. The Hall–Kier alpha value is -0.290. The molecule has 0 radical (unpaired) electrons. The normalized spacial score (nSPS) is 11.1. The van der Waals surface area contributed by atoms with Crippen molar-refractivity contribution in [2.75, 3.05) is 5.32 Å². The average molecular weight is 279 g/mol. The standard InChI is InChI=1S/C9H13FNO2P3/c1-5(12)11-6-2-3-7(8(14)4-6)13-9(10,15)16/h2-4H,14-16H2,1H3,(H,11,12). The molecule has 3 unspecified atom stereocenters. The SMILES string of the molecule is CC(=O)Nc1ccc(OC(F)(P)P)c(P)c1. The third-order valence-electron chi connectivity index (χ3n) is 1.60. The lowest BCUT2D eigenvalue weighted by atomic mass is 10.3. The van der Waals surface area contributed by atoms with Crippen LogP contribution in [-0.4, -0.2) is 11.2 Å². The Labute approximate surface area is 101 Å². The van der Waals surface area contributed by atoms with Crippen LogP contribution in [-0.2, 0) is 4.79 Å². The Morgan fingerprint density at radius 3 is 2.56 bits per heavy atom. The van der Waals surface area contributed by atoms with Gasteiger partial charge in [-0.1, -0.05) is 0 Å². The van der Waals surface area contributed by atoms with Crippen molar-refractivity contribution in [3.8, 4) is 5.75 Å². The molecule has 7 heteroatoms. The van der Waals surface area contributed by atoms with Gasteiger partial charge in [-0.25, -0.2) is 0 Å². The van der Waals surface area contributed by atoms with E-state index in [0.29, 0.717) is 16.7 Å². The molecule has 0 fully saturated rings. The molecule has 0 saturated carbocycles. The number of rotatable bonds is 3. The zero-order chi connectivity index (χ0) is 12.3. The minimum absolute atomic E-state index is 0.157. The molecule has 0 aliphatic carbocycles. The summed E-state index contributed by atoms with van der Waals surface area (Å²) < 4.78 is 18.2. The fourth-order valence-corrected chi connectivity index (χ4v) is 1.68. The van der Waals surface area contributed by atoms with Crippen molar-refractivity contribution < 1.29 is 13.9 Å². The van der Waals surface area contributed by atoms with Gasteiger partial charge in [-0.15, -0.1) is 9.24 Å². The predicted octanol–water partition coefficient (Wildman–Crippen LogP) is 1.86. The molecule has 1 N–H and O–H groups in total. The van der Waals surface area contributed by atoms with Gasteiger partial charge in [0, 0.05) is 17.9 Å². The zero-order valence-electron chi connectivity index (χ0n) is 8.66. The summed E-state index contributed by atoms with van der Waals surface area (Å²) in [5, 5.41) is 1.40. The van der Waals surface area contributed by atoms with Crippen molar-refractivity contribution in [3.05, 3.63) is 18.2 Å². The molecule has 1 aromatic rings. The van der Waals surface area contributed by atoms with Gasteiger partial charge in [0.1, 0.15) is 5.75 Å². The van der Waals surface area contributed by atoms with Crippen LogP contribution in [0.3, 0.4) is 0 Å². The van der Waals surface area contributed by atoms with Crippen molar-refractivity contribution in [2.24, 2.45) is 0 Å². The quantitative estimate of drug-likeness (QED) is 0.858. The first-order chi connectivity index (χ1) is 7.28. The number of halogens is 1. The Morgan fingerprint density at radius 1 is 1.50 bits per heavy atom. The molecule has 1 rings (SSSR count). The number of carbonyl (C=O) groups is 1. The summed E-state index contributed by atoms with van der Waals surface area (Å²) in [5.41, 5.74) is 0.641. The van der Waals surface area contributed by atoms with E-state index in [0.717, 1.165) is 0 Å². The molecular weight excluding hydrogens is 266 g/mol. The summed E-state index contributed by atoms with van der Waals surface area (Å²) in [5.74, 6) is 0.238. The molecule has 0 aliphatic heterocycles. The van der Waals surface area contributed by atoms with E-state index in [9.17, 15) is 9.18 Å². The van der Waals surface area contributed by atoms with E-state index in [1.165, 1.54) is 6.92 Å². The second kappa shape index (κ2) is 5.36. The first kappa shape index (κ1) is 13.8. The fraction of sp³-hybridized carbons (Fsp3) is 0.222. The number of alkyl halides is 1. The lowest BCUT2D eigenvalue weighted by Gasteiger charge is -2.18. The van der Waals surface area contributed by atoms with Gasteiger partial charge in [-0.3, -0.25) is 4.79 Å². The van der Waals surface area contributed by atoms with Crippen molar-refractivity contribution >= 4 is 44.6 Å². The molecule has 0 bridgehead atoms. The van der Waals surface area contributed by atoms with Gasteiger partial charge in [0.05, 0.1) is 0 Å². The van der Waals surface area contributed by atoms with Crippen molar-refractivity contribution in [3.63, 3.8) is 0 Å². The van der Waals surface area contributed by atoms with Gasteiger partial charge in [0.2, 0.25) is 5.91 Å². The summed E-state index contributed by atoms with van der Waals surface area (Å²) in [7, 11) is 6.27. The molecule has 88 valence electrons. The number of carbonyl (C=O) groups excluding carboxylic acids is 1. The summed E-state index contributed by atoms with van der Waals surface area (Å²) >= 11 is 0. The Bertz CT molecular complexity index is 406. The number of ether oxygens (including phenoxy) is 1. The Morgan fingerprint density at radius 2 is 2.12 bits per heavy atom. The van der Waals surface area contributed by atoms with Gasteiger partial charge < -0.3 is 10.1 Å². The van der Waals surface area contributed by atoms with Gasteiger partial charge >= 0.3 is 0 Å². The highest BCUT2D eigenvalue weighted by atomic mass is 31.1. The Balaban J connectivity index is 2.87. The second-order valence-corrected chi connectivity index (χ2v) is 6.10. The minimum Gasteiger partial charge on any atom is -0.451 e. The van der Waals surface area contributed by atoms with Crippen molar-refractivity contribution in [1.29, 1.82) is 0 Å². The number of hydrogen-bond acceptors (Lipinski definition) is 2. The van der Waals surface area contributed by atoms with Crippen molar-refractivity contribution in [1.82, 2.24) is 0 Å². The predicted molar refractivity (Wildman–Crippen MR) is 74.0 cm³/mol. The smallest absolute Gasteiger partial charge is 0.270 e. The molecule has 0 aliphatic rings. The lowest BCUT2D eigenvalue weighted by molar-refractivity contribution is -0.114. The summed E-state index contributed by atoms with van der Waals surface area (Å²) in [6.45, 7) is 1.42. The van der Waals surface area contributed by atoms with E-state index < -0.39 is 5.34 Å². The molecule has 3 atom stereocenters. The van der Waals surface area contributed by atoms with E-state index in [1.54, 1.807) is 18.2 Å². The van der Waals surface area contributed by atoms with Gasteiger partial charge in [0.15, 0.2) is 0 Å². The maximum atomic E-state index is 13.2. The van der Waals surface area contributed by atoms with E-state index in [1.807, 2.05) is 18.5 Å². The largest absolute Gasteiger partial charge is 0.451 e. The van der Waals surface area contributed by atoms with Crippen LogP contribution in [0.25, 0.3) is 0 Å². The lowest BCUT2D eigenvalue weighted by Crippen LogP contribution is -2.16. The Kier molecular flexibility index (Phi) is 4.62. The summed E-state index contributed by atoms with van der Waals surface area (Å²) in [4.78, 5) is 10.8. The maximum absolute atomic E-state index is 13.2. The topological polar surface area (TPSA) is 38.3 Å². The molecule has 1 amide bonds. The molecule has 16 heavy (non-hydrogen) atoms. The third-order valence-corrected chi connectivity index (χ3v) is 2.28.